The van der Waals surface area contributed by atoms with E-state index in [0.717, 1.165) is 48.2 Å². The van der Waals surface area contributed by atoms with Crippen LogP contribution in [0.4, 0.5) is 16.3 Å². The number of urea groups is 1. The number of rotatable bonds is 13. The lowest BCUT2D eigenvalue weighted by Crippen LogP contribution is -2.41. The quantitative estimate of drug-likeness (QED) is 0.130. The number of fused-ring (bicyclic) bond motifs is 2. The molecule has 0 fully saturated rings. The monoisotopic (exact) mass is 758 g/mol. The average molecular weight is 760 g/mol. The number of amides is 2. The summed E-state index contributed by atoms with van der Waals surface area (Å²) in [6.07, 6.45) is 4.25. The van der Waals surface area contributed by atoms with Gasteiger partial charge in [-0.25, -0.2) is 19.4 Å². The number of hydrogen-bond donors (Lipinski definition) is 2. The number of nitrogens with one attached hydrogen (secondary N) is 2. The van der Waals surface area contributed by atoms with Gasteiger partial charge in [-0.2, -0.15) is 5.10 Å². The number of pyridine rings is 2. The molecule has 0 radical (unpaired) electrons. The number of hydrogen-bond acceptors (Lipinski definition) is 9. The number of carbonyl (C=O) groups excluding carboxylic acids is 1. The predicted molar refractivity (Wildman–Crippen MR) is 211 cm³/mol. The van der Waals surface area contributed by atoms with E-state index in [1.54, 1.807) is 39.4 Å². The van der Waals surface area contributed by atoms with E-state index in [2.05, 4.69) is 38.7 Å². The van der Waals surface area contributed by atoms with Crippen LogP contribution in [0.3, 0.4) is 0 Å². The number of benzene rings is 2. The number of carbonyl (C=O) groups is 1. The van der Waals surface area contributed by atoms with E-state index >= 15 is 0 Å². The summed E-state index contributed by atoms with van der Waals surface area (Å²) in [6.45, 7) is 4.30. The van der Waals surface area contributed by atoms with Crippen molar-refractivity contribution in [2.75, 3.05) is 59.9 Å². The maximum Gasteiger partial charge on any atom is 0.317 e. The van der Waals surface area contributed by atoms with Gasteiger partial charge >= 0.3 is 6.03 Å². The van der Waals surface area contributed by atoms with Crippen LogP contribution in [-0.2, 0) is 18.2 Å². The molecule has 3 aromatic heterocycles. The normalized spacial score (nSPS) is 13.7. The van der Waals surface area contributed by atoms with Crippen LogP contribution in [0.1, 0.15) is 35.7 Å². The van der Waals surface area contributed by atoms with Crippen molar-refractivity contribution in [2.24, 2.45) is 7.05 Å². The smallest absolute Gasteiger partial charge is 0.317 e. The van der Waals surface area contributed by atoms with Crippen molar-refractivity contribution in [1.29, 1.82) is 0 Å². The molecule has 12 nitrogen and oxygen atoms in total. The summed E-state index contributed by atoms with van der Waals surface area (Å²) in [5, 5.41) is 12.2. The molecular formula is C39H44Cl2N8O4. The number of methoxy groups -OCH3 is 2. The number of aromatic nitrogens is 4. The number of aryl methyl sites for hydroxylation is 3. The first-order chi connectivity index (χ1) is 25.6. The van der Waals surface area contributed by atoms with Crippen molar-refractivity contribution < 1.29 is 14.3 Å². The van der Waals surface area contributed by atoms with Crippen molar-refractivity contribution in [3.8, 4) is 28.3 Å². The molecule has 1 atom stereocenters. The summed E-state index contributed by atoms with van der Waals surface area (Å²) in [5.41, 5.74) is 6.20. The molecule has 3 heterocycles. The Morgan fingerprint density at radius 2 is 1.75 bits per heavy atom. The molecule has 2 N–H and O–H groups in total. The van der Waals surface area contributed by atoms with Crippen LogP contribution in [-0.4, -0.2) is 90.1 Å². The first kappa shape index (κ1) is 38.0. The number of ether oxygens (including phenoxy) is 2. The molecule has 0 saturated heterocycles. The van der Waals surface area contributed by atoms with E-state index in [1.165, 1.54) is 10.2 Å². The number of nitrogens with zero attached hydrogens (tertiary/aromatic N) is 6. The Hall–Kier alpha value is -4.75. The third kappa shape index (κ3) is 7.82. The van der Waals surface area contributed by atoms with E-state index in [9.17, 15) is 9.59 Å². The minimum atomic E-state index is -0.265. The molecule has 0 aliphatic heterocycles. The molecule has 5 aromatic rings. The molecule has 14 heteroatoms. The van der Waals surface area contributed by atoms with Crippen LogP contribution in [0, 0.1) is 6.92 Å². The summed E-state index contributed by atoms with van der Waals surface area (Å²) in [6, 6.07) is 15.4. The highest BCUT2D eigenvalue weighted by Crippen LogP contribution is 2.45. The van der Waals surface area contributed by atoms with E-state index in [0.29, 0.717) is 69.2 Å². The van der Waals surface area contributed by atoms with Crippen LogP contribution in [0.2, 0.25) is 10.0 Å². The molecule has 0 bridgehead atoms. The Balaban J connectivity index is 1.27. The Bertz CT molecular complexity index is 2210. The lowest BCUT2D eigenvalue weighted by atomic mass is 9.99. The molecule has 53 heavy (non-hydrogen) atoms. The summed E-state index contributed by atoms with van der Waals surface area (Å²) in [5.74, 6) is 0.970. The Kier molecular flexibility index (Phi) is 11.8. The van der Waals surface area contributed by atoms with Crippen LogP contribution < -0.4 is 20.9 Å². The van der Waals surface area contributed by atoms with Gasteiger partial charge in [-0.3, -0.25) is 9.69 Å². The van der Waals surface area contributed by atoms with E-state index in [4.69, 9.17) is 37.7 Å². The van der Waals surface area contributed by atoms with Gasteiger partial charge in [-0.15, -0.1) is 0 Å². The number of halogens is 2. The molecule has 0 spiro atoms. The highest BCUT2D eigenvalue weighted by Gasteiger charge is 2.31. The molecule has 278 valence electrons. The fraction of sp³-hybridized carbons (Fsp3) is 0.359. The van der Waals surface area contributed by atoms with Crippen molar-refractivity contribution in [3.05, 3.63) is 91.9 Å². The van der Waals surface area contributed by atoms with Gasteiger partial charge in [0.2, 0.25) is 5.88 Å². The van der Waals surface area contributed by atoms with Crippen molar-refractivity contribution in [3.63, 3.8) is 0 Å². The van der Waals surface area contributed by atoms with Crippen LogP contribution in [0.15, 0.2) is 59.5 Å². The van der Waals surface area contributed by atoms with Gasteiger partial charge in [-0.1, -0.05) is 53.5 Å². The highest BCUT2D eigenvalue weighted by atomic mass is 35.5. The zero-order valence-corrected chi connectivity index (χ0v) is 32.3. The fourth-order valence-electron chi connectivity index (χ4n) is 7.04. The SMILES string of the molecule is CNC(=O)N(CCCN(C)C1CCc2cc(-c3cccc(-c4cccc(Nc5nc(C)cc6cnn(C)c(=O)c56)c4Cl)c3Cl)nc(OC)c21)CCOC. The second-order valence-electron chi connectivity index (χ2n) is 13.1. The minimum Gasteiger partial charge on any atom is -0.481 e. The summed E-state index contributed by atoms with van der Waals surface area (Å²) in [4.78, 5) is 39.1. The standard InChI is InChI=1S/C39H44Cl2N8O4/c1-23-20-25-22-43-48(4)38(50)33(25)36(44-23)45-29-13-8-11-27(35(29)41)26-10-7-12-28(34(26)40)30-21-24-14-15-31(32(24)37(46-30)53-6)47(3)16-9-17-49(18-19-52-5)39(51)42-2/h7-8,10-13,20-22,31H,9,14-19H2,1-6H3,(H,42,51)(H,44,45). The Morgan fingerprint density at radius 1 is 1.02 bits per heavy atom. The molecule has 0 saturated carbocycles. The summed E-state index contributed by atoms with van der Waals surface area (Å²) < 4.78 is 12.4. The lowest BCUT2D eigenvalue weighted by Gasteiger charge is -2.28. The van der Waals surface area contributed by atoms with Crippen molar-refractivity contribution >= 4 is 51.5 Å². The number of anilines is 2. The van der Waals surface area contributed by atoms with Gasteiger partial charge in [-0.05, 0) is 57.0 Å². The summed E-state index contributed by atoms with van der Waals surface area (Å²) >= 11 is 14.3. The zero-order chi connectivity index (χ0) is 37.8. The van der Waals surface area contributed by atoms with Crippen LogP contribution in [0.5, 0.6) is 5.88 Å². The molecule has 2 amide bonds. The molecular weight excluding hydrogens is 715 g/mol. The maximum atomic E-state index is 13.1. The van der Waals surface area contributed by atoms with Gasteiger partial charge in [0.1, 0.15) is 5.82 Å². The first-order valence-corrected chi connectivity index (χ1v) is 18.2. The molecule has 1 aliphatic carbocycles. The predicted octanol–water partition coefficient (Wildman–Crippen LogP) is 7.02. The van der Waals surface area contributed by atoms with Crippen LogP contribution in [0.25, 0.3) is 33.2 Å². The van der Waals surface area contributed by atoms with E-state index in [-0.39, 0.29) is 17.6 Å². The van der Waals surface area contributed by atoms with E-state index in [1.807, 2.05) is 49.4 Å². The second kappa shape index (κ2) is 16.5. The topological polar surface area (TPSA) is 127 Å². The lowest BCUT2D eigenvalue weighted by molar-refractivity contribution is 0.145. The highest BCUT2D eigenvalue weighted by molar-refractivity contribution is 6.39. The Labute approximate surface area is 319 Å². The third-order valence-electron chi connectivity index (χ3n) is 9.73. The van der Waals surface area contributed by atoms with Gasteiger partial charge in [0, 0.05) is 80.2 Å². The van der Waals surface area contributed by atoms with Gasteiger partial charge in [0.25, 0.3) is 5.56 Å². The largest absolute Gasteiger partial charge is 0.481 e. The molecule has 1 aliphatic rings. The van der Waals surface area contributed by atoms with Crippen LogP contribution >= 0.6 is 23.2 Å². The molecule has 1 unspecified atom stereocenters. The van der Waals surface area contributed by atoms with E-state index < -0.39 is 0 Å². The molecule has 6 rings (SSSR count). The molecule has 2 aromatic carbocycles. The first-order valence-electron chi connectivity index (χ1n) is 17.5. The average Bonchev–Trinajstić information content (AvgIpc) is 3.59. The maximum absolute atomic E-state index is 13.1. The third-order valence-corrected chi connectivity index (χ3v) is 10.5. The fourth-order valence-corrected chi connectivity index (χ4v) is 7.64. The minimum absolute atomic E-state index is 0.108. The van der Waals surface area contributed by atoms with Gasteiger partial charge in [0.15, 0.2) is 0 Å². The Morgan fingerprint density at radius 3 is 2.49 bits per heavy atom. The van der Waals surface area contributed by atoms with Crippen molar-refractivity contribution in [1.82, 2.24) is 34.9 Å². The van der Waals surface area contributed by atoms with Crippen molar-refractivity contribution in [2.45, 2.75) is 32.2 Å². The summed E-state index contributed by atoms with van der Waals surface area (Å²) in [7, 11) is 8.63. The van der Waals surface area contributed by atoms with Gasteiger partial charge in [0.05, 0.1) is 46.7 Å². The second-order valence-corrected chi connectivity index (χ2v) is 13.9. The van der Waals surface area contributed by atoms with Gasteiger partial charge < -0.3 is 25.0 Å². The zero-order valence-electron chi connectivity index (χ0n) is 30.8.